The number of carbonyl (C=O) groups is 1. The first-order valence-electron chi connectivity index (χ1n) is 7.61. The van der Waals surface area contributed by atoms with E-state index in [-0.39, 0.29) is 17.9 Å². The molecule has 1 amide bonds. The van der Waals surface area contributed by atoms with Crippen molar-refractivity contribution in [2.45, 2.75) is 13.5 Å². The van der Waals surface area contributed by atoms with Gasteiger partial charge in [-0.15, -0.1) is 0 Å². The average molecular weight is 322 g/mol. The Morgan fingerprint density at radius 1 is 1.17 bits per heavy atom. The molecule has 1 heterocycles. The molecule has 0 bridgehead atoms. The van der Waals surface area contributed by atoms with Gasteiger partial charge < -0.3 is 14.6 Å². The van der Waals surface area contributed by atoms with Crippen LogP contribution in [0, 0.1) is 6.92 Å². The summed E-state index contributed by atoms with van der Waals surface area (Å²) in [4.78, 5) is 24.4. The number of rotatable bonds is 4. The van der Waals surface area contributed by atoms with Gasteiger partial charge in [0.1, 0.15) is 12.3 Å². The molecule has 3 rings (SSSR count). The number of nitrogens with one attached hydrogen (secondary N) is 1. The topological polar surface area (TPSA) is 60.3 Å². The van der Waals surface area contributed by atoms with Crippen molar-refractivity contribution in [1.29, 1.82) is 0 Å². The molecule has 0 saturated heterocycles. The molecule has 0 spiro atoms. The Bertz CT molecular complexity index is 960. The summed E-state index contributed by atoms with van der Waals surface area (Å²) >= 11 is 0. The number of aryl methyl sites for hydroxylation is 1. The van der Waals surface area contributed by atoms with E-state index in [0.29, 0.717) is 16.8 Å². The summed E-state index contributed by atoms with van der Waals surface area (Å²) in [6.07, 6.45) is 1.64. The Morgan fingerprint density at radius 3 is 2.75 bits per heavy atom. The number of hydrogen-bond acceptors (Lipinski definition) is 3. The molecule has 0 aliphatic heterocycles. The molecule has 1 aromatic heterocycles. The SMILES string of the molecule is COc1ccccc1NC(=O)Cn1ccc(=O)c2cc(C)ccc21. The monoisotopic (exact) mass is 322 g/mol. The lowest BCUT2D eigenvalue weighted by molar-refractivity contribution is -0.116. The van der Waals surface area contributed by atoms with Gasteiger partial charge in [0.15, 0.2) is 5.43 Å². The maximum atomic E-state index is 12.4. The number of amides is 1. The predicted octanol–water partition coefficient (Wildman–Crippen LogP) is 2.96. The lowest BCUT2D eigenvalue weighted by atomic mass is 10.1. The molecule has 5 nitrogen and oxygen atoms in total. The maximum absolute atomic E-state index is 12.4. The number of carbonyl (C=O) groups excluding carboxylic acids is 1. The third-order valence-corrected chi connectivity index (χ3v) is 3.83. The fraction of sp³-hybridized carbons (Fsp3) is 0.158. The van der Waals surface area contributed by atoms with Crippen LogP contribution in [0.25, 0.3) is 10.9 Å². The van der Waals surface area contributed by atoms with E-state index in [0.717, 1.165) is 11.1 Å². The summed E-state index contributed by atoms with van der Waals surface area (Å²) in [5.41, 5.74) is 2.32. The second-order valence-corrected chi connectivity index (χ2v) is 5.58. The smallest absolute Gasteiger partial charge is 0.244 e. The standard InChI is InChI=1S/C19H18N2O3/c1-13-7-8-16-14(11-13)17(22)9-10-21(16)12-19(23)20-15-5-3-4-6-18(15)24-2/h3-11H,12H2,1-2H3,(H,20,23). The second-order valence-electron chi connectivity index (χ2n) is 5.58. The van der Waals surface area contributed by atoms with Crippen LogP contribution in [0.3, 0.4) is 0 Å². The van der Waals surface area contributed by atoms with Crippen molar-refractivity contribution in [1.82, 2.24) is 4.57 Å². The molecule has 5 heteroatoms. The largest absolute Gasteiger partial charge is 0.495 e. The summed E-state index contributed by atoms with van der Waals surface area (Å²) in [5.74, 6) is 0.413. The van der Waals surface area contributed by atoms with Crippen molar-refractivity contribution in [2.75, 3.05) is 12.4 Å². The minimum absolute atomic E-state index is 0.0462. The fourth-order valence-electron chi connectivity index (χ4n) is 2.66. The van der Waals surface area contributed by atoms with Gasteiger partial charge in [-0.05, 0) is 31.2 Å². The molecule has 0 fully saturated rings. The maximum Gasteiger partial charge on any atom is 0.244 e. The Labute approximate surface area is 139 Å². The van der Waals surface area contributed by atoms with Crippen molar-refractivity contribution in [3.05, 3.63) is 70.5 Å². The zero-order valence-corrected chi connectivity index (χ0v) is 13.6. The highest BCUT2D eigenvalue weighted by molar-refractivity contribution is 5.93. The number of fused-ring (bicyclic) bond motifs is 1. The molecular formula is C19H18N2O3. The van der Waals surface area contributed by atoms with Crippen LogP contribution >= 0.6 is 0 Å². The predicted molar refractivity (Wildman–Crippen MR) is 94.6 cm³/mol. The third-order valence-electron chi connectivity index (χ3n) is 3.83. The minimum atomic E-state index is -0.190. The van der Waals surface area contributed by atoms with Crippen LogP contribution in [0.4, 0.5) is 5.69 Å². The molecule has 122 valence electrons. The van der Waals surface area contributed by atoms with E-state index in [9.17, 15) is 9.59 Å². The van der Waals surface area contributed by atoms with Crippen molar-refractivity contribution >= 4 is 22.5 Å². The lowest BCUT2D eigenvalue weighted by Gasteiger charge is -2.13. The summed E-state index contributed by atoms with van der Waals surface area (Å²) < 4.78 is 7.00. The highest BCUT2D eigenvalue weighted by atomic mass is 16.5. The number of hydrogen-bond donors (Lipinski definition) is 1. The molecule has 2 aromatic carbocycles. The summed E-state index contributed by atoms with van der Waals surface area (Å²) in [5, 5.41) is 3.45. The van der Waals surface area contributed by atoms with Crippen LogP contribution < -0.4 is 15.5 Å². The number of anilines is 1. The van der Waals surface area contributed by atoms with E-state index in [2.05, 4.69) is 5.32 Å². The normalized spacial score (nSPS) is 10.6. The molecule has 1 N–H and O–H groups in total. The molecular weight excluding hydrogens is 304 g/mol. The van der Waals surface area contributed by atoms with Gasteiger partial charge in [-0.1, -0.05) is 23.8 Å². The van der Waals surface area contributed by atoms with E-state index in [1.54, 1.807) is 30.0 Å². The number of nitrogens with zero attached hydrogens (tertiary/aromatic N) is 1. The first kappa shape index (κ1) is 15.8. The third kappa shape index (κ3) is 3.15. The molecule has 0 unspecified atom stereocenters. The van der Waals surface area contributed by atoms with Gasteiger partial charge in [0.2, 0.25) is 5.91 Å². The van der Waals surface area contributed by atoms with Crippen molar-refractivity contribution < 1.29 is 9.53 Å². The molecule has 0 atom stereocenters. The number of pyridine rings is 1. The molecule has 0 aliphatic carbocycles. The van der Waals surface area contributed by atoms with Crippen LogP contribution in [0.15, 0.2) is 59.5 Å². The number of para-hydroxylation sites is 2. The van der Waals surface area contributed by atoms with Crippen LogP contribution in [0.2, 0.25) is 0 Å². The van der Waals surface area contributed by atoms with Crippen molar-refractivity contribution in [3.63, 3.8) is 0 Å². The number of ether oxygens (including phenoxy) is 1. The first-order chi connectivity index (χ1) is 11.6. The van der Waals surface area contributed by atoms with Crippen LogP contribution in [-0.4, -0.2) is 17.6 Å². The van der Waals surface area contributed by atoms with E-state index in [4.69, 9.17) is 4.74 Å². The van der Waals surface area contributed by atoms with Crippen LogP contribution in [0.1, 0.15) is 5.56 Å². The fourth-order valence-corrected chi connectivity index (χ4v) is 2.66. The summed E-state index contributed by atoms with van der Waals surface area (Å²) in [6, 6.07) is 14.3. The van der Waals surface area contributed by atoms with E-state index in [1.807, 2.05) is 37.3 Å². The Hall–Kier alpha value is -3.08. The number of aromatic nitrogens is 1. The Balaban J connectivity index is 1.89. The number of methoxy groups -OCH3 is 1. The van der Waals surface area contributed by atoms with Gasteiger partial charge in [-0.25, -0.2) is 0 Å². The quantitative estimate of drug-likeness (QED) is 0.803. The van der Waals surface area contributed by atoms with Crippen LogP contribution in [-0.2, 0) is 11.3 Å². The highest BCUT2D eigenvalue weighted by Gasteiger charge is 2.10. The second kappa shape index (κ2) is 6.58. The molecule has 3 aromatic rings. The van der Waals surface area contributed by atoms with Gasteiger partial charge in [0.25, 0.3) is 0 Å². The zero-order valence-electron chi connectivity index (χ0n) is 13.6. The van der Waals surface area contributed by atoms with E-state index >= 15 is 0 Å². The minimum Gasteiger partial charge on any atom is -0.495 e. The van der Waals surface area contributed by atoms with Gasteiger partial charge in [0.05, 0.1) is 18.3 Å². The van der Waals surface area contributed by atoms with Crippen LogP contribution in [0.5, 0.6) is 5.75 Å². The van der Waals surface area contributed by atoms with Crippen molar-refractivity contribution in [2.24, 2.45) is 0 Å². The highest BCUT2D eigenvalue weighted by Crippen LogP contribution is 2.23. The molecule has 0 saturated carbocycles. The summed E-state index contributed by atoms with van der Waals surface area (Å²) in [7, 11) is 1.56. The molecule has 0 radical (unpaired) electrons. The van der Waals surface area contributed by atoms with Gasteiger partial charge in [0, 0.05) is 17.6 Å². The van der Waals surface area contributed by atoms with E-state index < -0.39 is 0 Å². The van der Waals surface area contributed by atoms with Gasteiger partial charge >= 0.3 is 0 Å². The summed E-state index contributed by atoms with van der Waals surface area (Å²) in [6.45, 7) is 2.04. The van der Waals surface area contributed by atoms with Crippen molar-refractivity contribution in [3.8, 4) is 5.75 Å². The van der Waals surface area contributed by atoms with E-state index in [1.165, 1.54) is 6.07 Å². The van der Waals surface area contributed by atoms with Gasteiger partial charge in [-0.2, -0.15) is 0 Å². The molecule has 24 heavy (non-hydrogen) atoms. The Kier molecular flexibility index (Phi) is 4.33. The van der Waals surface area contributed by atoms with Gasteiger partial charge in [-0.3, -0.25) is 9.59 Å². The lowest BCUT2D eigenvalue weighted by Crippen LogP contribution is -2.20. The molecule has 0 aliphatic rings. The number of benzene rings is 2. The average Bonchev–Trinajstić information content (AvgIpc) is 2.58. The zero-order chi connectivity index (χ0) is 17.1. The Morgan fingerprint density at radius 2 is 1.96 bits per heavy atom. The first-order valence-corrected chi connectivity index (χ1v) is 7.61.